The van der Waals surface area contributed by atoms with Gasteiger partial charge in [0.15, 0.2) is 0 Å². The van der Waals surface area contributed by atoms with Crippen LogP contribution >= 0.6 is 12.8 Å². The number of benzene rings is 1. The van der Waals surface area contributed by atoms with Crippen molar-refractivity contribution >= 4 is 35.8 Å². The van der Waals surface area contributed by atoms with E-state index < -0.39 is 0 Å². The number of thiol groups is 1. The van der Waals surface area contributed by atoms with Crippen LogP contribution in [0.25, 0.3) is 0 Å². The monoisotopic (exact) mass is 318 g/mol. The summed E-state index contributed by atoms with van der Waals surface area (Å²) in [5, 5.41) is 11.0. The highest BCUT2D eigenvalue weighted by atomic mass is 32.1. The zero-order valence-electron chi connectivity index (χ0n) is 13.0. The molecular formula is C15H22N6S. The molecule has 3 N–H and O–H groups in total. The number of hydrogen-bond acceptors (Lipinski definition) is 5. The maximum atomic E-state index is 6.09. The molecule has 1 heterocycles. The molecule has 0 radical (unpaired) electrons. The second-order valence-corrected chi connectivity index (χ2v) is 5.66. The van der Waals surface area contributed by atoms with E-state index in [2.05, 4.69) is 51.2 Å². The van der Waals surface area contributed by atoms with Crippen LogP contribution in [0.2, 0.25) is 0 Å². The van der Waals surface area contributed by atoms with Gasteiger partial charge in [-0.1, -0.05) is 6.58 Å². The number of nitrogens with two attached hydrogens (primary N) is 1. The summed E-state index contributed by atoms with van der Waals surface area (Å²) in [6, 6.07) is 6.39. The molecule has 1 saturated heterocycles. The molecule has 1 atom stereocenters. The average Bonchev–Trinajstić information content (AvgIpc) is 2.90. The van der Waals surface area contributed by atoms with Gasteiger partial charge in [0.25, 0.3) is 5.96 Å². The molecule has 118 valence electrons. The highest BCUT2D eigenvalue weighted by Gasteiger charge is 2.20. The Hall–Kier alpha value is -2.02. The summed E-state index contributed by atoms with van der Waals surface area (Å²) in [5.74, 6) is 0.271. The number of nitrogens with one attached hydrogen (secondary N) is 1. The van der Waals surface area contributed by atoms with E-state index in [1.807, 2.05) is 18.2 Å². The molecule has 1 aromatic carbocycles. The molecule has 0 aromatic heterocycles. The van der Waals surface area contributed by atoms with Crippen LogP contribution in [0.3, 0.4) is 0 Å². The summed E-state index contributed by atoms with van der Waals surface area (Å²) in [7, 11) is 0. The van der Waals surface area contributed by atoms with Crippen LogP contribution < -0.4 is 16.0 Å². The van der Waals surface area contributed by atoms with Gasteiger partial charge in [-0.25, -0.2) is 0 Å². The van der Waals surface area contributed by atoms with E-state index in [9.17, 15) is 0 Å². The molecule has 0 saturated carbocycles. The highest BCUT2D eigenvalue weighted by Crippen LogP contribution is 2.31. The molecule has 0 amide bonds. The zero-order chi connectivity index (χ0) is 16.1. The molecule has 22 heavy (non-hydrogen) atoms. The van der Waals surface area contributed by atoms with Crippen LogP contribution in [-0.4, -0.2) is 18.5 Å². The summed E-state index contributed by atoms with van der Waals surface area (Å²) in [4.78, 5) is 2.36. The van der Waals surface area contributed by atoms with E-state index in [0.717, 1.165) is 12.2 Å². The van der Waals surface area contributed by atoms with Gasteiger partial charge in [0, 0.05) is 24.0 Å². The Morgan fingerprint density at radius 1 is 1.50 bits per heavy atom. The minimum Gasteiger partial charge on any atom is -0.397 e. The second-order valence-electron chi connectivity index (χ2n) is 5.46. The lowest BCUT2D eigenvalue weighted by molar-refractivity contribution is 0.735. The molecule has 0 aliphatic carbocycles. The Morgan fingerprint density at radius 2 is 2.27 bits per heavy atom. The Labute approximate surface area is 136 Å². The molecule has 1 aliphatic heterocycles. The number of nitrogens with zero attached hydrogens (tertiary/aromatic N) is 4. The summed E-state index contributed by atoms with van der Waals surface area (Å²) in [5.41, 5.74) is 9.12. The van der Waals surface area contributed by atoms with Crippen molar-refractivity contribution in [2.75, 3.05) is 17.2 Å². The minimum absolute atomic E-state index is 0.271. The summed E-state index contributed by atoms with van der Waals surface area (Å²) >= 11 is 3.84. The first kappa shape index (κ1) is 16.4. The number of allylic oxidation sites excluding steroid dienone is 1. The predicted molar refractivity (Wildman–Crippen MR) is 95.8 cm³/mol. The van der Waals surface area contributed by atoms with E-state index in [1.165, 1.54) is 12.8 Å². The SMILES string of the molecule is C=C(C)N/C(N=Nc1ccc(N2CCCC2C)cc1N)=N\S. The van der Waals surface area contributed by atoms with Crippen molar-refractivity contribution in [1.29, 1.82) is 0 Å². The standard InChI is InChI=1S/C15H22N6S/c1-10(2)17-15(20-22)19-18-14-7-6-12(9-13(14)16)21-8-4-5-11(21)3/h6-7,9,11,22H,1,4-5,8,16H2,2-3H3,(H,17,20). The topological polar surface area (TPSA) is 78.4 Å². The zero-order valence-corrected chi connectivity index (χ0v) is 13.8. The third kappa shape index (κ3) is 4.00. The molecular weight excluding hydrogens is 296 g/mol. The van der Waals surface area contributed by atoms with Gasteiger partial charge in [-0.2, -0.15) is 4.40 Å². The smallest absolute Gasteiger partial charge is 0.253 e. The fourth-order valence-corrected chi connectivity index (χ4v) is 2.58. The highest BCUT2D eigenvalue weighted by molar-refractivity contribution is 7.79. The summed E-state index contributed by atoms with van der Waals surface area (Å²) in [6.07, 6.45) is 2.44. The van der Waals surface area contributed by atoms with Crippen molar-refractivity contribution in [2.45, 2.75) is 32.7 Å². The Morgan fingerprint density at radius 3 is 2.82 bits per heavy atom. The van der Waals surface area contributed by atoms with Crippen molar-refractivity contribution in [2.24, 2.45) is 14.6 Å². The first-order chi connectivity index (χ1) is 10.5. The lowest BCUT2D eigenvalue weighted by atomic mass is 10.2. The molecule has 0 bridgehead atoms. The van der Waals surface area contributed by atoms with E-state index in [1.54, 1.807) is 6.92 Å². The fourth-order valence-electron chi connectivity index (χ4n) is 2.49. The molecule has 0 spiro atoms. The van der Waals surface area contributed by atoms with Crippen LogP contribution in [0.1, 0.15) is 26.7 Å². The van der Waals surface area contributed by atoms with E-state index >= 15 is 0 Å². The molecule has 2 rings (SSSR count). The van der Waals surface area contributed by atoms with Gasteiger partial charge in [0.05, 0.1) is 5.69 Å². The van der Waals surface area contributed by atoms with Gasteiger partial charge in [0.1, 0.15) is 5.69 Å². The normalized spacial score (nSPS) is 19.0. The molecule has 7 heteroatoms. The van der Waals surface area contributed by atoms with Crippen molar-refractivity contribution in [1.82, 2.24) is 5.32 Å². The van der Waals surface area contributed by atoms with Crippen molar-refractivity contribution in [3.8, 4) is 0 Å². The number of guanidine groups is 1. The third-order valence-electron chi connectivity index (χ3n) is 3.57. The summed E-state index contributed by atoms with van der Waals surface area (Å²) < 4.78 is 3.69. The van der Waals surface area contributed by atoms with E-state index in [-0.39, 0.29) is 5.96 Å². The first-order valence-electron chi connectivity index (χ1n) is 7.23. The van der Waals surface area contributed by atoms with Crippen LogP contribution in [0.5, 0.6) is 0 Å². The average molecular weight is 318 g/mol. The van der Waals surface area contributed by atoms with Gasteiger partial charge < -0.3 is 16.0 Å². The van der Waals surface area contributed by atoms with E-state index in [0.29, 0.717) is 23.1 Å². The lowest BCUT2D eigenvalue weighted by Crippen LogP contribution is -2.26. The second kappa shape index (κ2) is 7.31. The Balaban J connectivity index is 2.14. The Kier molecular flexibility index (Phi) is 5.43. The summed E-state index contributed by atoms with van der Waals surface area (Å²) in [6.45, 7) is 8.82. The van der Waals surface area contributed by atoms with Crippen LogP contribution in [0, 0.1) is 0 Å². The molecule has 1 fully saturated rings. The number of azo groups is 1. The first-order valence-corrected chi connectivity index (χ1v) is 7.63. The maximum absolute atomic E-state index is 6.09. The lowest BCUT2D eigenvalue weighted by Gasteiger charge is -2.24. The quantitative estimate of drug-likeness (QED) is 0.262. The molecule has 1 aromatic rings. The van der Waals surface area contributed by atoms with Gasteiger partial charge in [0.2, 0.25) is 0 Å². The number of hydrogen-bond donors (Lipinski definition) is 3. The van der Waals surface area contributed by atoms with Gasteiger partial charge in [-0.3, -0.25) is 0 Å². The largest absolute Gasteiger partial charge is 0.397 e. The van der Waals surface area contributed by atoms with Crippen LogP contribution in [0.15, 0.2) is 45.1 Å². The molecule has 6 nitrogen and oxygen atoms in total. The van der Waals surface area contributed by atoms with Crippen LogP contribution in [0.4, 0.5) is 17.1 Å². The van der Waals surface area contributed by atoms with Crippen molar-refractivity contribution < 1.29 is 0 Å². The number of anilines is 2. The maximum Gasteiger partial charge on any atom is 0.253 e. The van der Waals surface area contributed by atoms with Crippen molar-refractivity contribution in [3.63, 3.8) is 0 Å². The van der Waals surface area contributed by atoms with Gasteiger partial charge in [-0.05, 0) is 57.7 Å². The number of nitrogen functional groups attached to an aromatic ring is 1. The third-order valence-corrected chi connectivity index (χ3v) is 3.76. The fraction of sp³-hybridized carbons (Fsp3) is 0.400. The van der Waals surface area contributed by atoms with Crippen molar-refractivity contribution in [3.05, 3.63) is 30.5 Å². The van der Waals surface area contributed by atoms with Crippen LogP contribution in [-0.2, 0) is 0 Å². The Bertz CT molecular complexity index is 610. The molecule has 1 unspecified atom stereocenters. The minimum atomic E-state index is 0.271. The van der Waals surface area contributed by atoms with Gasteiger partial charge in [-0.15, -0.1) is 10.2 Å². The molecule has 1 aliphatic rings. The van der Waals surface area contributed by atoms with E-state index in [4.69, 9.17) is 5.73 Å². The predicted octanol–water partition coefficient (Wildman–Crippen LogP) is 3.67. The van der Waals surface area contributed by atoms with Gasteiger partial charge >= 0.3 is 0 Å². The number of rotatable bonds is 3.